The van der Waals surface area contributed by atoms with E-state index in [2.05, 4.69) is 16.7 Å². The summed E-state index contributed by atoms with van der Waals surface area (Å²) < 4.78 is 2.20. The lowest BCUT2D eigenvalue weighted by atomic mass is 9.81. The number of carbonyl (C=O) groups excluding carboxylic acids is 2. The van der Waals surface area contributed by atoms with Crippen molar-refractivity contribution in [2.45, 2.75) is 57.5 Å². The average molecular weight is 588 g/mol. The van der Waals surface area contributed by atoms with Crippen LogP contribution in [-0.2, 0) is 11.3 Å². The van der Waals surface area contributed by atoms with Gasteiger partial charge in [0.05, 0.1) is 17.8 Å². The molecule has 44 heavy (non-hydrogen) atoms. The molecule has 0 radical (unpaired) electrons. The van der Waals surface area contributed by atoms with E-state index < -0.39 is 5.97 Å². The molecule has 4 aromatic rings. The lowest BCUT2D eigenvalue weighted by molar-refractivity contribution is -0.131. The molecule has 0 spiro atoms. The lowest BCUT2D eigenvalue weighted by Crippen LogP contribution is -2.55. The molecule has 0 unspecified atom stereocenters. The lowest BCUT2D eigenvalue weighted by Gasteiger charge is -2.40. The fourth-order valence-electron chi connectivity index (χ4n) is 7.53. The molecule has 1 saturated carbocycles. The van der Waals surface area contributed by atoms with E-state index in [0.717, 1.165) is 40.6 Å². The van der Waals surface area contributed by atoms with Crippen molar-refractivity contribution in [1.29, 1.82) is 0 Å². The Bertz CT molecular complexity index is 1800. The molecule has 1 aromatic heterocycles. The topological polar surface area (TPSA) is 82.8 Å². The van der Waals surface area contributed by atoms with Crippen molar-refractivity contribution in [1.82, 2.24) is 14.4 Å². The summed E-state index contributed by atoms with van der Waals surface area (Å²) >= 11 is 0. The number of benzene rings is 3. The minimum atomic E-state index is -0.959. The number of aromatic nitrogens is 1. The van der Waals surface area contributed by atoms with Gasteiger partial charge in [-0.05, 0) is 67.2 Å². The van der Waals surface area contributed by atoms with Crippen LogP contribution >= 0.6 is 0 Å². The summed E-state index contributed by atoms with van der Waals surface area (Å²) in [6, 6.07) is 22.9. The van der Waals surface area contributed by atoms with Gasteiger partial charge in [0.15, 0.2) is 0 Å². The van der Waals surface area contributed by atoms with Crippen molar-refractivity contribution in [2.75, 3.05) is 19.6 Å². The predicted octanol–water partition coefficient (Wildman–Crippen LogP) is 6.82. The average Bonchev–Trinajstić information content (AvgIpc) is 3.27. The standard InChI is InChI=1S/C37H37N3O4/c1-24-22-38(35(41)26-12-6-3-7-13-26)18-19-39(24)36(42)29-20-27-14-8-9-15-30(27)34-33(25-10-4-2-5-11-25)31-17-16-28(37(43)44)21-32(31)40(34)23-29/h3,6-9,12-17,20-21,24-25H,2,4-5,10-11,18-19,22-23H2,1H3,(H,43,44)/t24-/m1/s1. The highest BCUT2D eigenvalue weighted by molar-refractivity contribution is 6.03. The second-order valence-electron chi connectivity index (χ2n) is 12.4. The minimum absolute atomic E-state index is 0.0138. The zero-order chi connectivity index (χ0) is 30.4. The third kappa shape index (κ3) is 4.90. The number of hydrogen-bond donors (Lipinski definition) is 1. The summed E-state index contributed by atoms with van der Waals surface area (Å²) in [7, 11) is 0. The van der Waals surface area contributed by atoms with Crippen molar-refractivity contribution in [3.8, 4) is 11.3 Å². The van der Waals surface area contributed by atoms with E-state index in [1.165, 1.54) is 24.8 Å². The Morgan fingerprint density at radius 2 is 1.57 bits per heavy atom. The minimum Gasteiger partial charge on any atom is -0.478 e. The quantitative estimate of drug-likeness (QED) is 0.284. The number of fused-ring (bicyclic) bond motifs is 5. The van der Waals surface area contributed by atoms with Crippen LogP contribution in [0.2, 0.25) is 0 Å². The molecule has 7 nitrogen and oxygen atoms in total. The molecule has 1 aliphatic carbocycles. The van der Waals surface area contributed by atoms with Gasteiger partial charge in [-0.25, -0.2) is 4.79 Å². The van der Waals surface area contributed by atoms with Gasteiger partial charge < -0.3 is 19.5 Å². The van der Waals surface area contributed by atoms with Gasteiger partial charge in [0.1, 0.15) is 0 Å². The summed E-state index contributed by atoms with van der Waals surface area (Å²) in [5, 5.41) is 11.0. The molecule has 2 aliphatic heterocycles. The van der Waals surface area contributed by atoms with Gasteiger partial charge in [0.25, 0.3) is 11.8 Å². The first-order valence-electron chi connectivity index (χ1n) is 15.8. The number of hydrogen-bond acceptors (Lipinski definition) is 3. The monoisotopic (exact) mass is 587 g/mol. The van der Waals surface area contributed by atoms with Gasteiger partial charge in [-0.2, -0.15) is 0 Å². The van der Waals surface area contributed by atoms with Gasteiger partial charge in [-0.1, -0.05) is 67.8 Å². The first kappa shape index (κ1) is 28.1. The first-order chi connectivity index (χ1) is 21.4. The highest BCUT2D eigenvalue weighted by atomic mass is 16.4. The number of carboxylic acid groups (broad SMARTS) is 1. The molecular formula is C37H37N3O4. The Labute approximate surface area is 257 Å². The maximum absolute atomic E-state index is 14.3. The van der Waals surface area contributed by atoms with Crippen LogP contribution in [-0.4, -0.2) is 62.9 Å². The van der Waals surface area contributed by atoms with Crippen LogP contribution in [0.15, 0.2) is 78.4 Å². The van der Waals surface area contributed by atoms with E-state index in [9.17, 15) is 19.5 Å². The van der Waals surface area contributed by atoms with E-state index >= 15 is 0 Å². The van der Waals surface area contributed by atoms with Crippen molar-refractivity contribution >= 4 is 34.8 Å². The molecule has 7 heteroatoms. The summed E-state index contributed by atoms with van der Waals surface area (Å²) in [5.41, 5.74) is 6.90. The number of carboxylic acids is 1. The van der Waals surface area contributed by atoms with Gasteiger partial charge in [-0.3, -0.25) is 9.59 Å². The molecule has 0 bridgehead atoms. The van der Waals surface area contributed by atoms with Gasteiger partial charge in [0.2, 0.25) is 0 Å². The third-order valence-corrected chi connectivity index (χ3v) is 9.71. The number of aromatic carboxylic acids is 1. The van der Waals surface area contributed by atoms with E-state index in [4.69, 9.17) is 0 Å². The number of nitrogens with zero attached hydrogens (tertiary/aromatic N) is 3. The first-order valence-corrected chi connectivity index (χ1v) is 15.8. The molecule has 2 amide bonds. The predicted molar refractivity (Wildman–Crippen MR) is 172 cm³/mol. The van der Waals surface area contributed by atoms with Crippen molar-refractivity contribution in [3.63, 3.8) is 0 Å². The molecule has 1 N–H and O–H groups in total. The zero-order valence-corrected chi connectivity index (χ0v) is 25.0. The molecule has 1 saturated heterocycles. The van der Waals surface area contributed by atoms with E-state index in [1.54, 1.807) is 12.1 Å². The second-order valence-corrected chi connectivity index (χ2v) is 12.4. The van der Waals surface area contributed by atoms with Crippen molar-refractivity contribution < 1.29 is 19.5 Å². The van der Waals surface area contributed by atoms with Crippen LogP contribution in [0.3, 0.4) is 0 Å². The van der Waals surface area contributed by atoms with E-state index in [1.807, 2.05) is 71.3 Å². The van der Waals surface area contributed by atoms with Crippen LogP contribution < -0.4 is 0 Å². The maximum atomic E-state index is 14.3. The highest BCUT2D eigenvalue weighted by Crippen LogP contribution is 2.46. The normalized spacial score (nSPS) is 18.8. The van der Waals surface area contributed by atoms with Gasteiger partial charge in [0, 0.05) is 53.3 Å². The molecule has 1 atom stereocenters. The highest BCUT2D eigenvalue weighted by Gasteiger charge is 2.34. The second kappa shape index (κ2) is 11.5. The zero-order valence-electron chi connectivity index (χ0n) is 25.0. The van der Waals surface area contributed by atoms with Crippen LogP contribution in [0.4, 0.5) is 0 Å². The number of carbonyl (C=O) groups is 3. The van der Waals surface area contributed by atoms with Gasteiger partial charge in [-0.15, -0.1) is 0 Å². The Hall–Kier alpha value is -4.65. The fraction of sp³-hybridized carbons (Fsp3) is 0.324. The molecule has 224 valence electrons. The Kier molecular flexibility index (Phi) is 7.32. The van der Waals surface area contributed by atoms with Crippen LogP contribution in [0, 0.1) is 0 Å². The number of amides is 2. The van der Waals surface area contributed by atoms with Crippen molar-refractivity contribution in [2.24, 2.45) is 0 Å². The third-order valence-electron chi connectivity index (χ3n) is 9.71. The number of rotatable bonds is 4. The van der Waals surface area contributed by atoms with E-state index in [0.29, 0.717) is 43.2 Å². The summed E-state index contributed by atoms with van der Waals surface area (Å²) in [6.45, 7) is 3.75. The largest absolute Gasteiger partial charge is 0.478 e. The fourth-order valence-corrected chi connectivity index (χ4v) is 7.53. The molecule has 3 heterocycles. The van der Waals surface area contributed by atoms with Crippen LogP contribution in [0.25, 0.3) is 28.2 Å². The Balaban J connectivity index is 1.28. The summed E-state index contributed by atoms with van der Waals surface area (Å²) in [4.78, 5) is 43.3. The molecule has 3 aromatic carbocycles. The smallest absolute Gasteiger partial charge is 0.335 e. The van der Waals surface area contributed by atoms with E-state index in [-0.39, 0.29) is 23.4 Å². The van der Waals surface area contributed by atoms with Gasteiger partial charge >= 0.3 is 5.97 Å². The number of piperazine rings is 1. The molecule has 7 rings (SSSR count). The Morgan fingerprint density at radius 3 is 2.32 bits per heavy atom. The molecular weight excluding hydrogens is 550 g/mol. The molecule has 2 fully saturated rings. The summed E-state index contributed by atoms with van der Waals surface area (Å²) in [6.07, 6.45) is 7.85. The van der Waals surface area contributed by atoms with Crippen molar-refractivity contribution in [3.05, 3.63) is 101 Å². The van der Waals surface area contributed by atoms with Crippen LogP contribution in [0.5, 0.6) is 0 Å². The maximum Gasteiger partial charge on any atom is 0.335 e. The SMILES string of the molecule is C[C@@H]1CN(C(=O)c2ccccc2)CCN1C(=O)C1=Cc2ccccc2-c2c(C3CCCCC3)c3ccc(C(=O)O)cc3n2C1. The summed E-state index contributed by atoms with van der Waals surface area (Å²) in [5.74, 6) is -0.625. The van der Waals surface area contributed by atoms with Crippen LogP contribution in [0.1, 0.15) is 76.8 Å². The molecule has 3 aliphatic rings. The Morgan fingerprint density at radius 1 is 0.818 bits per heavy atom.